The molecule has 1 aliphatic heterocycles. The first kappa shape index (κ1) is 21.4. The van der Waals surface area contributed by atoms with Gasteiger partial charge >= 0.3 is 0 Å². The summed E-state index contributed by atoms with van der Waals surface area (Å²) in [5.41, 5.74) is 2.25. The predicted octanol–water partition coefficient (Wildman–Crippen LogP) is 3.33. The molecule has 158 valence electrons. The van der Waals surface area contributed by atoms with Crippen molar-refractivity contribution in [3.8, 4) is 11.5 Å². The lowest BCUT2D eigenvalue weighted by Gasteiger charge is -2.28. The van der Waals surface area contributed by atoms with Gasteiger partial charge in [-0.2, -0.15) is 0 Å². The van der Waals surface area contributed by atoms with Crippen LogP contribution in [0.1, 0.15) is 41.4 Å². The van der Waals surface area contributed by atoms with Crippen molar-refractivity contribution in [2.24, 2.45) is 0 Å². The maximum atomic E-state index is 13.1. The normalized spacial score (nSPS) is 14.8. The first-order chi connectivity index (χ1) is 13.6. The van der Waals surface area contributed by atoms with Crippen LogP contribution in [0.15, 0.2) is 23.6 Å². The van der Waals surface area contributed by atoms with Crippen LogP contribution in [0.5, 0.6) is 11.5 Å². The number of benzene rings is 1. The van der Waals surface area contributed by atoms with E-state index in [1.54, 1.807) is 23.1 Å². The van der Waals surface area contributed by atoms with E-state index in [1.807, 2.05) is 19.2 Å². The summed E-state index contributed by atoms with van der Waals surface area (Å²) in [4.78, 5) is 14.8. The summed E-state index contributed by atoms with van der Waals surface area (Å²) in [5, 5.41) is 6.17. The quantitative estimate of drug-likeness (QED) is 0.681. The minimum atomic E-state index is -3.35. The summed E-state index contributed by atoms with van der Waals surface area (Å²) in [7, 11) is -0.285. The Morgan fingerprint density at radius 2 is 1.90 bits per heavy atom. The Kier molecular flexibility index (Phi) is 6.09. The topological polar surface area (TPSA) is 84.9 Å². The van der Waals surface area contributed by atoms with Gasteiger partial charge in [-0.3, -0.25) is 4.79 Å². The highest BCUT2D eigenvalue weighted by molar-refractivity contribution is 7.90. The average Bonchev–Trinajstić information content (AvgIpc) is 3.18. The Morgan fingerprint density at radius 1 is 1.21 bits per heavy atom. The molecule has 3 rings (SSSR count). The van der Waals surface area contributed by atoms with Gasteiger partial charge in [0.1, 0.15) is 9.84 Å². The number of anilines is 1. The van der Waals surface area contributed by atoms with Gasteiger partial charge in [-0.05, 0) is 31.5 Å². The number of fused-ring (bicyclic) bond motifs is 1. The van der Waals surface area contributed by atoms with E-state index >= 15 is 0 Å². The molecule has 1 aromatic heterocycles. The molecule has 0 aliphatic carbocycles. The van der Waals surface area contributed by atoms with Crippen molar-refractivity contribution in [2.75, 3.05) is 31.5 Å². The number of sulfone groups is 1. The molecule has 9 heteroatoms. The van der Waals surface area contributed by atoms with E-state index in [1.165, 1.54) is 31.8 Å². The van der Waals surface area contributed by atoms with Gasteiger partial charge in [0.15, 0.2) is 11.5 Å². The van der Waals surface area contributed by atoms with E-state index in [0.29, 0.717) is 29.2 Å². The highest BCUT2D eigenvalue weighted by atomic mass is 32.2. The van der Waals surface area contributed by atoms with Crippen LogP contribution in [0, 0.1) is 0 Å². The molecule has 1 N–H and O–H groups in total. The van der Waals surface area contributed by atoms with Crippen LogP contribution >= 0.6 is 11.3 Å². The summed E-state index contributed by atoms with van der Waals surface area (Å²) in [5.74, 6) is 0.710. The summed E-state index contributed by atoms with van der Waals surface area (Å²) in [6, 6.07) is 4.86. The first-order valence-corrected chi connectivity index (χ1v) is 12.2. The fraction of sp³-hybridized carbons (Fsp3) is 0.450. The molecule has 1 aromatic carbocycles. The number of carbonyl (C=O) groups excluding carboxylic acids is 1. The molecule has 29 heavy (non-hydrogen) atoms. The number of nitrogens with zero attached hydrogens (tertiary/aromatic N) is 1. The van der Waals surface area contributed by atoms with Crippen molar-refractivity contribution in [3.05, 3.63) is 40.3 Å². The predicted molar refractivity (Wildman–Crippen MR) is 115 cm³/mol. The van der Waals surface area contributed by atoms with Gasteiger partial charge in [-0.15, -0.1) is 11.3 Å². The smallest absolute Gasteiger partial charge is 0.255 e. The van der Waals surface area contributed by atoms with Gasteiger partial charge in [-0.1, -0.05) is 6.07 Å². The van der Waals surface area contributed by atoms with Gasteiger partial charge in [0.25, 0.3) is 5.91 Å². The minimum Gasteiger partial charge on any atom is -0.493 e. The number of ether oxygens (including phenoxy) is 2. The standard InChI is InChI=1S/C20H26N2O5S2/c1-12(2)21-19-14-9-22(20(23)15(14)10-28-19)16(11-29(5,24)25)13-6-7-17(26-3)18(8-13)27-4/h6-8,10,12,16,21H,9,11H2,1-5H3. The zero-order chi connectivity index (χ0) is 21.3. The molecular weight excluding hydrogens is 412 g/mol. The summed E-state index contributed by atoms with van der Waals surface area (Å²) >= 11 is 1.50. The molecule has 0 saturated heterocycles. The molecular formula is C20H26N2O5S2. The Bertz CT molecular complexity index is 1010. The van der Waals surface area contributed by atoms with Crippen LogP contribution in [0.25, 0.3) is 0 Å². The van der Waals surface area contributed by atoms with Gasteiger partial charge in [0, 0.05) is 23.2 Å². The summed E-state index contributed by atoms with van der Waals surface area (Å²) in [6.45, 7) is 4.44. The third kappa shape index (κ3) is 4.51. The number of rotatable bonds is 8. The lowest BCUT2D eigenvalue weighted by molar-refractivity contribution is 0.0718. The number of methoxy groups -OCH3 is 2. The monoisotopic (exact) mass is 438 g/mol. The number of hydrogen-bond donors (Lipinski definition) is 1. The molecule has 2 heterocycles. The molecule has 0 radical (unpaired) electrons. The van der Waals surface area contributed by atoms with Crippen molar-refractivity contribution in [1.82, 2.24) is 4.90 Å². The molecule has 1 unspecified atom stereocenters. The second kappa shape index (κ2) is 8.23. The van der Waals surface area contributed by atoms with Gasteiger partial charge < -0.3 is 19.7 Å². The molecule has 1 atom stereocenters. The second-order valence-corrected chi connectivity index (χ2v) is 10.5. The second-order valence-electron chi connectivity index (χ2n) is 7.41. The Hall–Kier alpha value is -2.26. The molecule has 2 aromatic rings. The molecule has 1 aliphatic rings. The third-order valence-electron chi connectivity index (χ3n) is 4.76. The molecule has 1 amide bonds. The van der Waals surface area contributed by atoms with E-state index in [-0.39, 0.29) is 17.7 Å². The van der Waals surface area contributed by atoms with Crippen LogP contribution in [0.2, 0.25) is 0 Å². The van der Waals surface area contributed by atoms with Gasteiger partial charge in [-0.25, -0.2) is 8.42 Å². The maximum absolute atomic E-state index is 13.1. The molecule has 0 spiro atoms. The highest BCUT2D eigenvalue weighted by Crippen LogP contribution is 2.41. The van der Waals surface area contributed by atoms with Crippen LogP contribution in [0.4, 0.5) is 5.00 Å². The highest BCUT2D eigenvalue weighted by Gasteiger charge is 2.37. The van der Waals surface area contributed by atoms with Crippen molar-refractivity contribution in [1.29, 1.82) is 0 Å². The number of amides is 1. The molecule has 0 saturated carbocycles. The van der Waals surface area contributed by atoms with E-state index in [2.05, 4.69) is 5.32 Å². The molecule has 0 fully saturated rings. The fourth-order valence-corrected chi connectivity index (χ4v) is 5.51. The summed E-state index contributed by atoms with van der Waals surface area (Å²) in [6.07, 6.45) is 1.18. The van der Waals surface area contributed by atoms with Gasteiger partial charge in [0.2, 0.25) is 0 Å². The van der Waals surface area contributed by atoms with Crippen LogP contribution in [0.3, 0.4) is 0 Å². The SMILES string of the molecule is COc1ccc(C(CS(C)(=O)=O)N2Cc3c(csc3NC(C)C)C2=O)cc1OC. The van der Waals surface area contributed by atoms with Crippen molar-refractivity contribution < 1.29 is 22.7 Å². The Morgan fingerprint density at radius 3 is 2.48 bits per heavy atom. The fourth-order valence-electron chi connectivity index (χ4n) is 3.46. The van der Waals surface area contributed by atoms with E-state index in [9.17, 15) is 13.2 Å². The Labute approximate surface area is 175 Å². The summed E-state index contributed by atoms with van der Waals surface area (Å²) < 4.78 is 35.0. The largest absolute Gasteiger partial charge is 0.493 e. The lowest BCUT2D eigenvalue weighted by atomic mass is 10.1. The molecule has 7 nitrogen and oxygen atoms in total. The van der Waals surface area contributed by atoms with Crippen molar-refractivity contribution in [3.63, 3.8) is 0 Å². The van der Waals surface area contributed by atoms with Crippen molar-refractivity contribution >= 4 is 32.1 Å². The van der Waals surface area contributed by atoms with Crippen molar-refractivity contribution in [2.45, 2.75) is 32.5 Å². The number of nitrogens with one attached hydrogen (secondary N) is 1. The van der Waals surface area contributed by atoms with Crippen LogP contribution < -0.4 is 14.8 Å². The van der Waals surface area contributed by atoms with E-state index in [0.717, 1.165) is 10.6 Å². The number of thiophene rings is 1. The van der Waals surface area contributed by atoms with E-state index in [4.69, 9.17) is 9.47 Å². The van der Waals surface area contributed by atoms with Crippen LogP contribution in [-0.2, 0) is 16.4 Å². The minimum absolute atomic E-state index is 0.156. The average molecular weight is 439 g/mol. The number of carbonyl (C=O) groups is 1. The third-order valence-corrected chi connectivity index (χ3v) is 6.64. The number of hydrogen-bond acceptors (Lipinski definition) is 7. The zero-order valence-electron chi connectivity index (χ0n) is 17.2. The Balaban J connectivity index is 2.00. The maximum Gasteiger partial charge on any atom is 0.255 e. The molecule has 0 bridgehead atoms. The van der Waals surface area contributed by atoms with Crippen LogP contribution in [-0.4, -0.2) is 51.5 Å². The van der Waals surface area contributed by atoms with Gasteiger partial charge in [0.05, 0.1) is 43.1 Å². The zero-order valence-corrected chi connectivity index (χ0v) is 18.8. The lowest BCUT2D eigenvalue weighted by Crippen LogP contribution is -2.33. The van der Waals surface area contributed by atoms with E-state index < -0.39 is 15.9 Å². The first-order valence-electron chi connectivity index (χ1n) is 9.22.